The molecule has 0 bridgehead atoms. The number of rotatable bonds is 0. The van der Waals surface area contributed by atoms with Crippen LogP contribution in [-0.2, 0) is 47.0 Å². The van der Waals surface area contributed by atoms with Crippen LogP contribution in [-0.4, -0.2) is 0 Å². The van der Waals surface area contributed by atoms with Crippen LogP contribution in [0.25, 0.3) is 0 Å². The molecular weight excluding hydrogens is 475 g/mol. The fourth-order valence-electron chi connectivity index (χ4n) is 1.58. The molecule has 4 N–H and O–H groups in total. The summed E-state index contributed by atoms with van der Waals surface area (Å²) >= 11 is 9.63. The minimum Gasteiger partial charge on any atom is -0.780 e. The van der Waals surface area contributed by atoms with Gasteiger partial charge in [-0.25, -0.2) is 24.3 Å². The number of nitrogens with two attached hydrogens (primary N) is 2. The molecule has 0 aromatic heterocycles. The summed E-state index contributed by atoms with van der Waals surface area (Å²) in [6, 6.07) is 34.4. The Hall–Kier alpha value is -1.53. The molecule has 0 aliphatic heterocycles. The van der Waals surface area contributed by atoms with E-state index in [0.717, 1.165) is 21.2 Å². The number of benzene rings is 2. The molecule has 4 aromatic rings. The van der Waals surface area contributed by atoms with Crippen LogP contribution in [0, 0.1) is 0 Å². The summed E-state index contributed by atoms with van der Waals surface area (Å²) in [5.74, 6) is 0. The van der Waals surface area contributed by atoms with Crippen LogP contribution in [0.3, 0.4) is 0 Å². The van der Waals surface area contributed by atoms with Gasteiger partial charge in [0.2, 0.25) is 0 Å². The first kappa shape index (κ1) is 32.1. The van der Waals surface area contributed by atoms with Crippen LogP contribution in [0.1, 0.15) is 0 Å². The van der Waals surface area contributed by atoms with Crippen molar-refractivity contribution in [2.24, 2.45) is 0 Å². The van der Waals surface area contributed by atoms with Crippen LogP contribution in [0.2, 0.25) is 0 Å². The number of halogens is 2. The standard InChI is InChI=1S/2C6H7NS.2C5H5.2ClH.Ti/c2*7-5-1-3-6(8)4-2-5;2*1-2-4-5-3-1;;;/h2*1-4,8H,7H2;2*1-5H;2*1H;/q;;2*-1;;;+4/p-2. The third-order valence-electron chi connectivity index (χ3n) is 2.87. The molecule has 152 valence electrons. The van der Waals surface area contributed by atoms with Gasteiger partial charge in [-0.1, -0.05) is 24.3 Å². The Morgan fingerprint density at radius 1 is 0.517 bits per heavy atom. The predicted octanol–water partition coefficient (Wildman–Crippen LogP) is 6.00. The largest absolute Gasteiger partial charge is 4.00 e. The molecule has 0 fully saturated rings. The smallest absolute Gasteiger partial charge is 0.780 e. The molecule has 0 aliphatic carbocycles. The second-order valence-electron chi connectivity index (χ2n) is 5.06. The van der Waals surface area contributed by atoms with Crippen molar-refractivity contribution >= 4 is 61.4 Å². The first-order chi connectivity index (χ1) is 12.6. The van der Waals surface area contributed by atoms with Gasteiger partial charge in [0.25, 0.3) is 0 Å². The Balaban J connectivity index is -0.000000306. The van der Waals surface area contributed by atoms with E-state index in [1.165, 1.54) is 0 Å². The molecule has 0 unspecified atom stereocenters. The molecule has 0 radical (unpaired) electrons. The summed E-state index contributed by atoms with van der Waals surface area (Å²) in [6.45, 7) is 0. The molecule has 2 nitrogen and oxygen atoms in total. The van der Waals surface area contributed by atoms with Crippen molar-refractivity contribution in [2.75, 3.05) is 11.5 Å². The molecular formula is C22H24Cl2N2S2Ti. The van der Waals surface area contributed by atoms with Gasteiger partial charge in [-0.3, -0.25) is 0 Å². The van der Waals surface area contributed by atoms with Gasteiger partial charge in [-0.05, 0) is 24.3 Å². The van der Waals surface area contributed by atoms with Crippen LogP contribution in [0.15, 0.2) is 119 Å². The maximum Gasteiger partial charge on any atom is 4.00 e. The van der Waals surface area contributed by atoms with Gasteiger partial charge in [-0.2, -0.15) is 46.2 Å². The summed E-state index contributed by atoms with van der Waals surface area (Å²) in [4.78, 5) is 1.67. The first-order valence-electron chi connectivity index (χ1n) is 7.96. The minimum absolute atomic E-state index is 0. The van der Waals surface area contributed by atoms with E-state index >= 15 is 0 Å². The molecule has 0 aliphatic rings. The van der Waals surface area contributed by atoms with E-state index in [1.54, 1.807) is 24.3 Å². The second kappa shape index (κ2) is 21.2. The summed E-state index contributed by atoms with van der Waals surface area (Å²) in [6.07, 6.45) is 0. The van der Waals surface area contributed by atoms with E-state index in [4.69, 9.17) is 36.7 Å². The van der Waals surface area contributed by atoms with E-state index in [2.05, 4.69) is 0 Å². The quantitative estimate of drug-likeness (QED) is 0.135. The number of hydrogen-bond acceptors (Lipinski definition) is 4. The van der Waals surface area contributed by atoms with Crippen molar-refractivity contribution in [2.45, 2.75) is 9.79 Å². The SMILES string of the molecule is Cl.Cl.Nc1ccc([S-])cc1.Nc1ccc([S-])cc1.[Ti+4].c1cc[cH-]c1.c1cc[cH-]c1. The van der Waals surface area contributed by atoms with E-state index in [0.29, 0.717) is 0 Å². The van der Waals surface area contributed by atoms with Gasteiger partial charge in [0.1, 0.15) is 0 Å². The van der Waals surface area contributed by atoms with Crippen molar-refractivity contribution in [3.8, 4) is 0 Å². The van der Waals surface area contributed by atoms with Crippen molar-refractivity contribution in [1.29, 1.82) is 0 Å². The van der Waals surface area contributed by atoms with Gasteiger partial charge in [-0.15, -0.1) is 24.8 Å². The Morgan fingerprint density at radius 3 is 0.897 bits per heavy atom. The van der Waals surface area contributed by atoms with Gasteiger partial charge >= 0.3 is 21.7 Å². The third kappa shape index (κ3) is 19.6. The zero-order valence-electron chi connectivity index (χ0n) is 15.7. The molecule has 0 spiro atoms. The topological polar surface area (TPSA) is 52.0 Å². The number of hydrogen-bond donors (Lipinski definition) is 2. The van der Waals surface area contributed by atoms with Gasteiger partial charge in [0.15, 0.2) is 0 Å². The summed E-state index contributed by atoms with van der Waals surface area (Å²) < 4.78 is 0. The molecule has 0 saturated carbocycles. The van der Waals surface area contributed by atoms with Crippen molar-refractivity contribution < 1.29 is 21.7 Å². The van der Waals surface area contributed by atoms with Crippen molar-refractivity contribution in [3.05, 3.63) is 109 Å². The van der Waals surface area contributed by atoms with E-state index < -0.39 is 0 Å². The number of nitrogen functional groups attached to an aromatic ring is 2. The molecule has 7 heteroatoms. The number of anilines is 2. The van der Waals surface area contributed by atoms with E-state index in [9.17, 15) is 0 Å². The summed E-state index contributed by atoms with van der Waals surface area (Å²) in [7, 11) is 0. The zero-order chi connectivity index (χ0) is 19.0. The Labute approximate surface area is 212 Å². The maximum absolute atomic E-state index is 5.38. The molecule has 4 aromatic carbocycles. The monoisotopic (exact) mass is 498 g/mol. The van der Waals surface area contributed by atoms with Crippen LogP contribution < -0.4 is 11.5 Å². The third-order valence-corrected chi connectivity index (χ3v) is 3.42. The van der Waals surface area contributed by atoms with E-state index in [-0.39, 0.29) is 46.5 Å². The molecule has 0 heterocycles. The fourth-order valence-corrected chi connectivity index (χ4v) is 1.85. The van der Waals surface area contributed by atoms with Crippen LogP contribution in [0.5, 0.6) is 0 Å². The summed E-state index contributed by atoms with van der Waals surface area (Å²) in [5, 5.41) is 0. The van der Waals surface area contributed by atoms with E-state index in [1.807, 2.05) is 84.9 Å². The average molecular weight is 499 g/mol. The predicted molar refractivity (Wildman–Crippen MR) is 132 cm³/mol. The average Bonchev–Trinajstić information content (AvgIpc) is 3.39. The Morgan fingerprint density at radius 2 is 0.759 bits per heavy atom. The Kier molecular flexibility index (Phi) is 23.5. The zero-order valence-corrected chi connectivity index (χ0v) is 20.5. The molecule has 0 amide bonds. The van der Waals surface area contributed by atoms with Gasteiger partial charge in [0, 0.05) is 11.4 Å². The molecule has 0 atom stereocenters. The normalized spacial score (nSPS) is 7.72. The van der Waals surface area contributed by atoms with Gasteiger partial charge in [0.05, 0.1) is 0 Å². The van der Waals surface area contributed by atoms with Crippen LogP contribution in [0.4, 0.5) is 11.4 Å². The second-order valence-corrected chi connectivity index (χ2v) is 6.01. The first-order valence-corrected chi connectivity index (χ1v) is 8.78. The maximum atomic E-state index is 5.38. The molecule has 29 heavy (non-hydrogen) atoms. The van der Waals surface area contributed by atoms with Crippen LogP contribution >= 0.6 is 24.8 Å². The minimum atomic E-state index is 0. The van der Waals surface area contributed by atoms with Gasteiger partial charge < -0.3 is 36.7 Å². The fraction of sp³-hybridized carbons (Fsp3) is 0. The Bertz CT molecular complexity index is 631. The van der Waals surface area contributed by atoms with Crippen molar-refractivity contribution in [3.63, 3.8) is 0 Å². The van der Waals surface area contributed by atoms with Crippen molar-refractivity contribution in [1.82, 2.24) is 0 Å². The molecule has 4 rings (SSSR count). The molecule has 0 saturated heterocycles. The summed E-state index contributed by atoms with van der Waals surface area (Å²) in [5.41, 5.74) is 12.3.